The van der Waals surface area contributed by atoms with Crippen LogP contribution in [0.25, 0.3) is 0 Å². The molecule has 1 saturated heterocycles. The zero-order chi connectivity index (χ0) is 12.1. The molecule has 1 aliphatic heterocycles. The summed E-state index contributed by atoms with van der Waals surface area (Å²) in [5.74, 6) is 0.618. The molecule has 4 nitrogen and oxygen atoms in total. The van der Waals surface area contributed by atoms with E-state index in [4.69, 9.17) is 4.74 Å². The van der Waals surface area contributed by atoms with Gasteiger partial charge in [0, 0.05) is 19.3 Å². The van der Waals surface area contributed by atoms with Gasteiger partial charge in [0.1, 0.15) is 5.75 Å². The van der Waals surface area contributed by atoms with E-state index in [1.54, 1.807) is 25.6 Å². The zero-order valence-electron chi connectivity index (χ0n) is 10.2. The fraction of sp³-hybridized carbons (Fsp3) is 0.538. The Morgan fingerprint density at radius 3 is 2.65 bits per heavy atom. The Labute approximate surface area is 102 Å². The minimum Gasteiger partial charge on any atom is -0.494 e. The second kappa shape index (κ2) is 5.66. The van der Waals surface area contributed by atoms with E-state index in [9.17, 15) is 4.79 Å². The number of carbonyl (C=O) groups excluding carboxylic acids is 1. The highest BCUT2D eigenvalue weighted by atomic mass is 16.5. The lowest BCUT2D eigenvalue weighted by Crippen LogP contribution is -2.32. The first-order valence-corrected chi connectivity index (χ1v) is 6.10. The van der Waals surface area contributed by atoms with Gasteiger partial charge < -0.3 is 9.64 Å². The van der Waals surface area contributed by atoms with Gasteiger partial charge in [-0.15, -0.1) is 0 Å². The molecule has 0 radical (unpaired) electrons. The van der Waals surface area contributed by atoms with Crippen molar-refractivity contribution in [1.29, 1.82) is 0 Å². The molecule has 4 heteroatoms. The first kappa shape index (κ1) is 11.9. The Morgan fingerprint density at radius 2 is 2.00 bits per heavy atom. The van der Waals surface area contributed by atoms with Crippen molar-refractivity contribution in [3.8, 4) is 5.75 Å². The van der Waals surface area contributed by atoms with Crippen molar-refractivity contribution in [3.05, 3.63) is 24.0 Å². The van der Waals surface area contributed by atoms with Crippen LogP contribution < -0.4 is 4.74 Å². The van der Waals surface area contributed by atoms with Crippen molar-refractivity contribution in [3.63, 3.8) is 0 Å². The largest absolute Gasteiger partial charge is 0.494 e. The van der Waals surface area contributed by atoms with E-state index in [2.05, 4.69) is 4.98 Å². The van der Waals surface area contributed by atoms with E-state index >= 15 is 0 Å². The Hall–Kier alpha value is -1.58. The van der Waals surface area contributed by atoms with Crippen molar-refractivity contribution >= 4 is 5.91 Å². The number of amides is 1. The van der Waals surface area contributed by atoms with Gasteiger partial charge in [0.25, 0.3) is 5.91 Å². The van der Waals surface area contributed by atoms with Crippen LogP contribution in [0.3, 0.4) is 0 Å². The fourth-order valence-electron chi connectivity index (χ4n) is 2.16. The van der Waals surface area contributed by atoms with Crippen molar-refractivity contribution in [2.45, 2.75) is 25.7 Å². The van der Waals surface area contributed by atoms with Gasteiger partial charge in [0.15, 0.2) is 0 Å². The molecular weight excluding hydrogens is 216 g/mol. The predicted octanol–water partition coefficient (Wildman–Crippen LogP) is 2.11. The normalized spacial score (nSPS) is 16.4. The quantitative estimate of drug-likeness (QED) is 0.787. The molecule has 2 rings (SSSR count). The summed E-state index contributed by atoms with van der Waals surface area (Å²) >= 11 is 0. The van der Waals surface area contributed by atoms with Crippen LogP contribution in [0.2, 0.25) is 0 Å². The minimum absolute atomic E-state index is 0.0613. The van der Waals surface area contributed by atoms with E-state index in [0.29, 0.717) is 11.3 Å². The summed E-state index contributed by atoms with van der Waals surface area (Å²) in [6, 6.07) is 1.73. The van der Waals surface area contributed by atoms with Crippen LogP contribution in [0.4, 0.5) is 0 Å². The van der Waals surface area contributed by atoms with Crippen LogP contribution in [0.5, 0.6) is 5.75 Å². The number of hydrogen-bond donors (Lipinski definition) is 0. The summed E-state index contributed by atoms with van der Waals surface area (Å²) in [6.45, 7) is 1.70. The molecular formula is C13H18N2O2. The Morgan fingerprint density at radius 1 is 1.29 bits per heavy atom. The topological polar surface area (TPSA) is 42.4 Å². The number of likely N-dealkylation sites (tertiary alicyclic amines) is 1. The molecule has 0 saturated carbocycles. The first-order chi connectivity index (χ1) is 8.33. The highest BCUT2D eigenvalue weighted by Gasteiger charge is 2.20. The van der Waals surface area contributed by atoms with Gasteiger partial charge in [-0.05, 0) is 18.9 Å². The number of pyridine rings is 1. The maximum atomic E-state index is 12.4. The van der Waals surface area contributed by atoms with E-state index in [1.165, 1.54) is 12.8 Å². The third-order valence-corrected chi connectivity index (χ3v) is 3.13. The molecule has 1 aromatic heterocycles. The molecule has 17 heavy (non-hydrogen) atoms. The molecule has 0 bridgehead atoms. The van der Waals surface area contributed by atoms with Gasteiger partial charge >= 0.3 is 0 Å². The molecule has 0 aliphatic carbocycles. The van der Waals surface area contributed by atoms with Gasteiger partial charge in [0.2, 0.25) is 0 Å². The smallest absolute Gasteiger partial charge is 0.257 e. The molecule has 1 aliphatic rings. The summed E-state index contributed by atoms with van der Waals surface area (Å²) in [7, 11) is 1.57. The second-order valence-corrected chi connectivity index (χ2v) is 4.28. The maximum Gasteiger partial charge on any atom is 0.257 e. The van der Waals surface area contributed by atoms with Crippen LogP contribution in [-0.2, 0) is 0 Å². The van der Waals surface area contributed by atoms with Gasteiger partial charge in [0.05, 0.1) is 18.9 Å². The zero-order valence-corrected chi connectivity index (χ0v) is 10.2. The molecule has 2 heterocycles. The molecule has 0 N–H and O–H groups in total. The van der Waals surface area contributed by atoms with Crippen molar-refractivity contribution in [1.82, 2.24) is 9.88 Å². The highest BCUT2D eigenvalue weighted by Crippen LogP contribution is 2.20. The molecule has 92 valence electrons. The monoisotopic (exact) mass is 234 g/mol. The number of ether oxygens (including phenoxy) is 1. The van der Waals surface area contributed by atoms with Gasteiger partial charge in [-0.3, -0.25) is 9.78 Å². The second-order valence-electron chi connectivity index (χ2n) is 4.28. The average Bonchev–Trinajstić information content (AvgIpc) is 2.66. The lowest BCUT2D eigenvalue weighted by molar-refractivity contribution is 0.0758. The van der Waals surface area contributed by atoms with E-state index in [0.717, 1.165) is 25.9 Å². The first-order valence-electron chi connectivity index (χ1n) is 6.10. The van der Waals surface area contributed by atoms with E-state index < -0.39 is 0 Å². The minimum atomic E-state index is 0.0613. The number of nitrogens with zero attached hydrogens (tertiary/aromatic N) is 2. The fourth-order valence-corrected chi connectivity index (χ4v) is 2.16. The van der Waals surface area contributed by atoms with Crippen LogP contribution in [-0.4, -0.2) is 36.0 Å². The molecule has 1 amide bonds. The summed E-state index contributed by atoms with van der Waals surface area (Å²) < 4.78 is 5.18. The molecule has 0 atom stereocenters. The Kier molecular flexibility index (Phi) is 3.96. The van der Waals surface area contributed by atoms with Crippen LogP contribution in [0, 0.1) is 0 Å². The lowest BCUT2D eigenvalue weighted by atomic mass is 10.2. The van der Waals surface area contributed by atoms with E-state index in [-0.39, 0.29) is 5.91 Å². The molecule has 1 aromatic rings. The maximum absolute atomic E-state index is 12.4. The van der Waals surface area contributed by atoms with Crippen LogP contribution >= 0.6 is 0 Å². The third kappa shape index (κ3) is 2.75. The van der Waals surface area contributed by atoms with Crippen molar-refractivity contribution < 1.29 is 9.53 Å². The lowest BCUT2D eigenvalue weighted by Gasteiger charge is -2.21. The van der Waals surface area contributed by atoms with Gasteiger partial charge in [-0.1, -0.05) is 12.8 Å². The van der Waals surface area contributed by atoms with Gasteiger partial charge in [-0.2, -0.15) is 0 Å². The van der Waals surface area contributed by atoms with Crippen LogP contribution in [0.1, 0.15) is 36.0 Å². The molecule has 0 aromatic carbocycles. The van der Waals surface area contributed by atoms with Crippen molar-refractivity contribution in [2.24, 2.45) is 0 Å². The summed E-state index contributed by atoms with van der Waals surface area (Å²) in [4.78, 5) is 18.2. The number of hydrogen-bond acceptors (Lipinski definition) is 3. The van der Waals surface area contributed by atoms with E-state index in [1.807, 2.05) is 4.90 Å². The Bertz CT molecular complexity index is 385. The van der Waals surface area contributed by atoms with Crippen LogP contribution in [0.15, 0.2) is 18.5 Å². The number of rotatable bonds is 2. The number of methoxy groups -OCH3 is 1. The SMILES string of the molecule is COc1cnccc1C(=O)N1CCCCCC1. The molecule has 1 fully saturated rings. The summed E-state index contributed by atoms with van der Waals surface area (Å²) in [5, 5.41) is 0. The molecule has 0 unspecified atom stereocenters. The standard InChI is InChI=1S/C13H18N2O2/c1-17-12-10-14-7-6-11(12)13(16)15-8-4-2-3-5-9-15/h6-7,10H,2-5,8-9H2,1H3. The van der Waals surface area contributed by atoms with Crippen molar-refractivity contribution in [2.75, 3.05) is 20.2 Å². The highest BCUT2D eigenvalue weighted by molar-refractivity contribution is 5.96. The number of carbonyl (C=O) groups is 1. The Balaban J connectivity index is 2.17. The number of aromatic nitrogens is 1. The summed E-state index contributed by atoms with van der Waals surface area (Å²) in [5.41, 5.74) is 0.615. The summed E-state index contributed by atoms with van der Waals surface area (Å²) in [6.07, 6.45) is 7.85. The third-order valence-electron chi connectivity index (χ3n) is 3.13. The molecule has 0 spiro atoms. The predicted molar refractivity (Wildman–Crippen MR) is 65.2 cm³/mol. The average molecular weight is 234 g/mol. The van der Waals surface area contributed by atoms with Gasteiger partial charge in [-0.25, -0.2) is 0 Å².